The first-order chi connectivity index (χ1) is 15.9. The van der Waals surface area contributed by atoms with Crippen LogP contribution in [0.4, 0.5) is 0 Å². The van der Waals surface area contributed by atoms with E-state index in [2.05, 4.69) is 51.3 Å². The quantitative estimate of drug-likeness (QED) is 0.388. The number of carboxylic acids is 2. The molecule has 2 aromatic carbocycles. The number of aryl methyl sites for hydroxylation is 1. The fourth-order valence-electron chi connectivity index (χ4n) is 4.28. The summed E-state index contributed by atoms with van der Waals surface area (Å²) in [5.41, 5.74) is 3.15. The lowest BCUT2D eigenvalue weighted by Crippen LogP contribution is -2.39. The summed E-state index contributed by atoms with van der Waals surface area (Å²) >= 11 is 0. The van der Waals surface area contributed by atoms with Crippen LogP contribution < -0.4 is 5.32 Å². The molecule has 3 aromatic rings. The van der Waals surface area contributed by atoms with Gasteiger partial charge in [-0.05, 0) is 56.3 Å². The summed E-state index contributed by atoms with van der Waals surface area (Å²) in [6.45, 7) is 1.98. The van der Waals surface area contributed by atoms with E-state index < -0.39 is 11.9 Å². The molecule has 0 saturated heterocycles. The van der Waals surface area contributed by atoms with Crippen molar-refractivity contribution in [1.29, 1.82) is 5.26 Å². The van der Waals surface area contributed by atoms with Crippen molar-refractivity contribution in [2.24, 2.45) is 0 Å². The Kier molecular flexibility index (Phi) is 8.17. The molecule has 0 spiro atoms. The third kappa shape index (κ3) is 6.18. The number of hydrogen-bond donors (Lipinski definition) is 3. The third-order valence-corrected chi connectivity index (χ3v) is 6.10. The van der Waals surface area contributed by atoms with Crippen LogP contribution in [-0.2, 0) is 21.5 Å². The number of nitrogens with one attached hydrogen (secondary N) is 1. The molecule has 1 fully saturated rings. The zero-order valence-electron chi connectivity index (χ0n) is 18.4. The molecule has 8 nitrogen and oxygen atoms in total. The van der Waals surface area contributed by atoms with E-state index in [0.717, 1.165) is 50.7 Å². The fraction of sp³-hybridized carbons (Fsp3) is 0.360. The lowest BCUT2D eigenvalue weighted by atomic mass is 9.69. The summed E-state index contributed by atoms with van der Waals surface area (Å²) in [6, 6.07) is 21.7. The average molecular weight is 449 g/mol. The van der Waals surface area contributed by atoms with E-state index in [1.165, 1.54) is 11.1 Å². The number of carboxylic acid groups (broad SMARTS) is 2. The van der Waals surface area contributed by atoms with Crippen molar-refractivity contribution < 1.29 is 19.8 Å². The number of hydrogen-bond acceptors (Lipinski definition) is 5. The number of carbonyl (C=O) groups is 2. The van der Waals surface area contributed by atoms with E-state index >= 15 is 0 Å². The Morgan fingerprint density at radius 3 is 2.33 bits per heavy atom. The highest BCUT2D eigenvalue weighted by Crippen LogP contribution is 2.38. The molecular formula is C25H28N4O4. The second kappa shape index (κ2) is 11.2. The largest absolute Gasteiger partial charge is 0.473 e. The number of aromatic nitrogens is 2. The minimum absolute atomic E-state index is 0.296. The molecule has 1 aliphatic rings. The number of rotatable bonds is 6. The van der Waals surface area contributed by atoms with Gasteiger partial charge in [-0.1, -0.05) is 42.5 Å². The second-order valence-electron chi connectivity index (χ2n) is 8.18. The van der Waals surface area contributed by atoms with E-state index in [1.54, 1.807) is 0 Å². The maximum absolute atomic E-state index is 9.81. The molecule has 3 N–H and O–H groups in total. The summed E-state index contributed by atoms with van der Waals surface area (Å²) in [7, 11) is 0. The van der Waals surface area contributed by atoms with Gasteiger partial charge < -0.3 is 20.1 Å². The smallest absolute Gasteiger partial charge is 0.414 e. The molecule has 4 rings (SSSR count). The Morgan fingerprint density at radius 1 is 1.06 bits per heavy atom. The zero-order chi connectivity index (χ0) is 23.7. The minimum atomic E-state index is -1.82. The van der Waals surface area contributed by atoms with Crippen molar-refractivity contribution in [3.8, 4) is 6.07 Å². The molecule has 33 heavy (non-hydrogen) atoms. The van der Waals surface area contributed by atoms with Gasteiger partial charge in [-0.2, -0.15) is 5.26 Å². The standard InChI is InChI=1S/C23H26N4.C2H2O4/c24-17-23(19-7-2-1-3-8-19)13-11-20(12-14-23)25-15-6-16-27-18-26-21-9-4-5-10-22(21)27;3-1(4)2(5)6/h1-5,7-10,18,20,25H,6,11-16H2;(H,3,4)(H,5,6). The number of benzene rings is 2. The average Bonchev–Trinajstić information content (AvgIpc) is 3.26. The summed E-state index contributed by atoms with van der Waals surface area (Å²) in [5, 5.41) is 28.3. The number of imidazole rings is 1. The molecule has 1 heterocycles. The number of aliphatic carboxylic acids is 2. The first kappa shape index (κ1) is 24.0. The van der Waals surface area contributed by atoms with Gasteiger partial charge in [-0.3, -0.25) is 0 Å². The lowest BCUT2D eigenvalue weighted by Gasteiger charge is -2.35. The van der Waals surface area contributed by atoms with Crippen LogP contribution in [0.5, 0.6) is 0 Å². The van der Waals surface area contributed by atoms with Crippen molar-refractivity contribution in [2.75, 3.05) is 6.54 Å². The van der Waals surface area contributed by atoms with Gasteiger partial charge in [-0.25, -0.2) is 14.6 Å². The maximum Gasteiger partial charge on any atom is 0.414 e. The van der Waals surface area contributed by atoms with Gasteiger partial charge in [0.2, 0.25) is 0 Å². The van der Waals surface area contributed by atoms with Gasteiger partial charge in [0.15, 0.2) is 0 Å². The number of fused-ring (bicyclic) bond motifs is 1. The third-order valence-electron chi connectivity index (χ3n) is 6.10. The number of para-hydroxylation sites is 2. The van der Waals surface area contributed by atoms with Crippen molar-refractivity contribution in [2.45, 2.75) is 50.1 Å². The predicted molar refractivity (Wildman–Crippen MR) is 124 cm³/mol. The second-order valence-corrected chi connectivity index (χ2v) is 8.18. The van der Waals surface area contributed by atoms with E-state index in [-0.39, 0.29) is 5.41 Å². The van der Waals surface area contributed by atoms with Crippen molar-refractivity contribution in [1.82, 2.24) is 14.9 Å². The molecule has 1 aromatic heterocycles. The molecule has 0 aliphatic heterocycles. The topological polar surface area (TPSA) is 128 Å². The molecule has 1 saturated carbocycles. The molecule has 0 bridgehead atoms. The molecule has 8 heteroatoms. The van der Waals surface area contributed by atoms with Crippen molar-refractivity contribution in [3.05, 3.63) is 66.5 Å². The molecule has 172 valence electrons. The summed E-state index contributed by atoms with van der Waals surface area (Å²) < 4.78 is 2.23. The normalized spacial score (nSPS) is 19.8. The van der Waals surface area contributed by atoms with Crippen LogP contribution in [0.3, 0.4) is 0 Å². The van der Waals surface area contributed by atoms with Gasteiger partial charge >= 0.3 is 11.9 Å². The van der Waals surface area contributed by atoms with Crippen LogP contribution in [0, 0.1) is 11.3 Å². The van der Waals surface area contributed by atoms with Crippen molar-refractivity contribution >= 4 is 23.0 Å². The highest BCUT2D eigenvalue weighted by molar-refractivity contribution is 6.27. The first-order valence-electron chi connectivity index (χ1n) is 11.0. The Bertz CT molecular complexity index is 1100. The molecule has 0 amide bonds. The molecule has 0 atom stereocenters. The van der Waals surface area contributed by atoms with E-state index in [0.29, 0.717) is 6.04 Å². The summed E-state index contributed by atoms with van der Waals surface area (Å²) in [6.07, 6.45) is 7.03. The predicted octanol–water partition coefficient (Wildman–Crippen LogP) is 3.58. The highest BCUT2D eigenvalue weighted by Gasteiger charge is 2.36. The van der Waals surface area contributed by atoms with Crippen LogP contribution in [0.1, 0.15) is 37.7 Å². The minimum Gasteiger partial charge on any atom is -0.473 e. The van der Waals surface area contributed by atoms with Crippen LogP contribution in [-0.4, -0.2) is 44.3 Å². The Labute approximate surface area is 192 Å². The Balaban J connectivity index is 0.000000454. The fourth-order valence-corrected chi connectivity index (χ4v) is 4.28. The van der Waals surface area contributed by atoms with Crippen LogP contribution in [0.25, 0.3) is 11.0 Å². The first-order valence-corrected chi connectivity index (χ1v) is 11.0. The van der Waals surface area contributed by atoms with Gasteiger partial charge in [0.05, 0.1) is 28.8 Å². The molecular weight excluding hydrogens is 420 g/mol. The summed E-state index contributed by atoms with van der Waals surface area (Å²) in [5.74, 6) is -3.65. The van der Waals surface area contributed by atoms with E-state index in [4.69, 9.17) is 19.8 Å². The lowest BCUT2D eigenvalue weighted by molar-refractivity contribution is -0.159. The van der Waals surface area contributed by atoms with Gasteiger partial charge in [-0.15, -0.1) is 0 Å². The summed E-state index contributed by atoms with van der Waals surface area (Å²) in [4.78, 5) is 22.7. The van der Waals surface area contributed by atoms with E-state index in [1.807, 2.05) is 30.6 Å². The molecule has 1 aliphatic carbocycles. The number of nitrogens with zero attached hydrogens (tertiary/aromatic N) is 3. The van der Waals surface area contributed by atoms with Crippen LogP contribution in [0.2, 0.25) is 0 Å². The van der Waals surface area contributed by atoms with Crippen molar-refractivity contribution in [3.63, 3.8) is 0 Å². The van der Waals surface area contributed by atoms with Crippen LogP contribution in [0.15, 0.2) is 60.9 Å². The van der Waals surface area contributed by atoms with Gasteiger partial charge in [0.25, 0.3) is 0 Å². The zero-order valence-corrected chi connectivity index (χ0v) is 18.4. The maximum atomic E-state index is 9.81. The Morgan fingerprint density at radius 2 is 1.70 bits per heavy atom. The molecule has 0 radical (unpaired) electrons. The Hall–Kier alpha value is -3.70. The van der Waals surface area contributed by atoms with Gasteiger partial charge in [0.1, 0.15) is 0 Å². The van der Waals surface area contributed by atoms with E-state index in [9.17, 15) is 5.26 Å². The SMILES string of the molecule is N#CC1(c2ccccc2)CCC(NCCCn2cnc3ccccc32)CC1.O=C(O)C(=O)O. The van der Waals surface area contributed by atoms with Gasteiger partial charge in [0, 0.05) is 12.6 Å². The monoisotopic (exact) mass is 448 g/mol. The molecule has 0 unspecified atom stereocenters. The van der Waals surface area contributed by atoms with Crippen LogP contribution >= 0.6 is 0 Å². The number of nitriles is 1. The highest BCUT2D eigenvalue weighted by atomic mass is 16.4.